The molecule has 11 heteroatoms. The summed E-state index contributed by atoms with van der Waals surface area (Å²) in [5.74, 6) is -0.635. The Balaban J connectivity index is 1.44. The molecule has 2 aromatic heterocycles. The molecule has 2 aliphatic heterocycles. The number of fused-ring (bicyclic) bond motifs is 5. The van der Waals surface area contributed by atoms with Crippen LogP contribution in [0, 0.1) is 6.92 Å². The Kier molecular flexibility index (Phi) is 6.04. The third-order valence-electron chi connectivity index (χ3n) is 7.49. The molecule has 0 aliphatic carbocycles. The van der Waals surface area contributed by atoms with Crippen LogP contribution in [0.25, 0.3) is 11.0 Å². The summed E-state index contributed by atoms with van der Waals surface area (Å²) in [4.78, 5) is 45.9. The number of amides is 2. The molecule has 2 aliphatic rings. The van der Waals surface area contributed by atoms with Gasteiger partial charge in [0.05, 0.1) is 16.6 Å². The molecule has 2 amide bonds. The first-order valence-corrected chi connectivity index (χ1v) is 15.1. The number of halogens is 1. The molecule has 0 radical (unpaired) electrons. The van der Waals surface area contributed by atoms with Gasteiger partial charge in [0.25, 0.3) is 11.8 Å². The van der Waals surface area contributed by atoms with Gasteiger partial charge in [0, 0.05) is 22.9 Å². The van der Waals surface area contributed by atoms with Crippen molar-refractivity contribution in [1.82, 2.24) is 10.2 Å². The lowest BCUT2D eigenvalue weighted by Crippen LogP contribution is -2.53. The van der Waals surface area contributed by atoms with Gasteiger partial charge in [-0.15, -0.1) is 10.2 Å². The second-order valence-electron chi connectivity index (χ2n) is 9.78. The van der Waals surface area contributed by atoms with Crippen LogP contribution in [0.3, 0.4) is 0 Å². The first-order chi connectivity index (χ1) is 19.9. The molecule has 7 rings (SSSR count). The highest BCUT2D eigenvalue weighted by atomic mass is 35.5. The second kappa shape index (κ2) is 9.54. The second-order valence-corrected chi connectivity index (χ2v) is 12.4. The van der Waals surface area contributed by atoms with Crippen LogP contribution in [0.15, 0.2) is 80.3 Å². The van der Waals surface area contributed by atoms with Crippen LogP contribution in [0.1, 0.15) is 39.7 Å². The highest BCUT2D eigenvalue weighted by Crippen LogP contribution is 2.54. The zero-order chi connectivity index (χ0) is 28.5. The lowest BCUT2D eigenvalue weighted by molar-refractivity contribution is -0.121. The van der Waals surface area contributed by atoms with Gasteiger partial charge in [-0.2, -0.15) is 0 Å². The number of benzene rings is 3. The smallest absolute Gasteiger partial charge is 0.297 e. The number of para-hydroxylation sites is 1. The fourth-order valence-electron chi connectivity index (χ4n) is 5.70. The molecular formula is C30H21ClN4O4S2. The molecule has 3 aromatic carbocycles. The lowest BCUT2D eigenvalue weighted by Gasteiger charge is -2.31. The molecule has 4 heterocycles. The van der Waals surface area contributed by atoms with Crippen LogP contribution in [-0.4, -0.2) is 28.6 Å². The highest BCUT2D eigenvalue weighted by molar-refractivity contribution is 8.00. The van der Waals surface area contributed by atoms with E-state index in [2.05, 4.69) is 10.2 Å². The number of aryl methyl sites for hydroxylation is 1. The normalized spacial score (nSPS) is 17.6. The Morgan fingerprint density at radius 2 is 1.80 bits per heavy atom. The van der Waals surface area contributed by atoms with Crippen molar-refractivity contribution in [1.29, 1.82) is 0 Å². The monoisotopic (exact) mass is 600 g/mol. The Hall–Kier alpha value is -3.99. The van der Waals surface area contributed by atoms with Gasteiger partial charge in [0.1, 0.15) is 5.58 Å². The van der Waals surface area contributed by atoms with E-state index in [0.29, 0.717) is 38.3 Å². The van der Waals surface area contributed by atoms with Gasteiger partial charge in [-0.1, -0.05) is 82.7 Å². The first-order valence-electron chi connectivity index (χ1n) is 12.9. The zero-order valence-corrected chi connectivity index (χ0v) is 24.3. The van der Waals surface area contributed by atoms with E-state index in [1.165, 1.54) is 28.0 Å². The van der Waals surface area contributed by atoms with E-state index in [-0.39, 0.29) is 22.0 Å². The van der Waals surface area contributed by atoms with Crippen molar-refractivity contribution in [2.24, 2.45) is 0 Å². The molecule has 0 saturated carbocycles. The average molecular weight is 601 g/mol. The van der Waals surface area contributed by atoms with E-state index in [1.54, 1.807) is 29.2 Å². The van der Waals surface area contributed by atoms with E-state index < -0.39 is 22.8 Å². The number of anilines is 2. The van der Waals surface area contributed by atoms with Gasteiger partial charge in [-0.3, -0.25) is 19.3 Å². The average Bonchev–Trinajstić information content (AvgIpc) is 3.61. The van der Waals surface area contributed by atoms with E-state index in [0.717, 1.165) is 11.1 Å². The standard InChI is InChI=1S/C30H21ClN4O4S2/c1-3-34-21-11-7-5-9-19(21)30(27(34)38)23-24(36)18-14-16(2)12-13-22(18)39-25(23)26(37)35(30)28-32-33-29(41-28)40-15-17-8-4-6-10-20(17)31/h4-14H,3,15H2,1-2H3. The maximum atomic E-state index is 14.5. The number of hydrogen-bond acceptors (Lipinski definition) is 8. The molecule has 41 heavy (non-hydrogen) atoms. The number of aromatic nitrogens is 2. The molecule has 0 saturated heterocycles. The third kappa shape index (κ3) is 3.64. The Labute approximate surface area is 247 Å². The number of carbonyl (C=O) groups is 2. The van der Waals surface area contributed by atoms with Crippen molar-refractivity contribution >= 4 is 68.3 Å². The Morgan fingerprint density at radius 3 is 2.61 bits per heavy atom. The van der Waals surface area contributed by atoms with Gasteiger partial charge in [0.15, 0.2) is 15.3 Å². The van der Waals surface area contributed by atoms with Gasteiger partial charge < -0.3 is 9.32 Å². The molecule has 0 N–H and O–H groups in total. The van der Waals surface area contributed by atoms with Gasteiger partial charge in [-0.05, 0) is 43.7 Å². The fourth-order valence-corrected chi connectivity index (χ4v) is 7.87. The maximum absolute atomic E-state index is 14.5. The summed E-state index contributed by atoms with van der Waals surface area (Å²) in [6.07, 6.45) is 0. The van der Waals surface area contributed by atoms with E-state index >= 15 is 0 Å². The van der Waals surface area contributed by atoms with Gasteiger partial charge in [0.2, 0.25) is 10.9 Å². The summed E-state index contributed by atoms with van der Waals surface area (Å²) in [7, 11) is 0. The van der Waals surface area contributed by atoms with E-state index in [1.807, 2.05) is 56.3 Å². The number of carbonyl (C=O) groups excluding carboxylic acids is 2. The number of thioether (sulfide) groups is 1. The maximum Gasteiger partial charge on any atom is 0.297 e. The molecule has 204 valence electrons. The summed E-state index contributed by atoms with van der Waals surface area (Å²) < 4.78 is 6.71. The van der Waals surface area contributed by atoms with Crippen LogP contribution in [0.2, 0.25) is 5.02 Å². The van der Waals surface area contributed by atoms with Crippen LogP contribution in [0.4, 0.5) is 10.8 Å². The van der Waals surface area contributed by atoms with Crippen LogP contribution >= 0.6 is 34.7 Å². The molecule has 0 fully saturated rings. The van der Waals surface area contributed by atoms with Crippen LogP contribution in [-0.2, 0) is 16.1 Å². The summed E-state index contributed by atoms with van der Waals surface area (Å²) in [5, 5.41) is 9.85. The topological polar surface area (TPSA) is 96.6 Å². The van der Waals surface area contributed by atoms with E-state index in [4.69, 9.17) is 16.0 Å². The van der Waals surface area contributed by atoms with Crippen LogP contribution in [0.5, 0.6) is 0 Å². The van der Waals surface area contributed by atoms with Crippen molar-refractivity contribution < 1.29 is 14.0 Å². The molecule has 8 nitrogen and oxygen atoms in total. The molecule has 1 spiro atoms. The summed E-state index contributed by atoms with van der Waals surface area (Å²) >= 11 is 8.93. The molecule has 0 bridgehead atoms. The predicted octanol–water partition coefficient (Wildman–Crippen LogP) is 6.17. The summed E-state index contributed by atoms with van der Waals surface area (Å²) in [6, 6.07) is 20.0. The first kappa shape index (κ1) is 25.9. The van der Waals surface area contributed by atoms with Crippen molar-refractivity contribution in [2.75, 3.05) is 16.3 Å². The van der Waals surface area contributed by atoms with Crippen molar-refractivity contribution in [3.05, 3.63) is 110 Å². The van der Waals surface area contributed by atoms with Gasteiger partial charge in [-0.25, -0.2) is 0 Å². The molecule has 5 aromatic rings. The highest BCUT2D eigenvalue weighted by Gasteiger charge is 2.66. The van der Waals surface area contributed by atoms with Crippen LogP contribution < -0.4 is 15.2 Å². The number of rotatable bonds is 5. The third-order valence-corrected chi connectivity index (χ3v) is 9.95. The molecular weight excluding hydrogens is 580 g/mol. The minimum absolute atomic E-state index is 0.00877. The minimum atomic E-state index is -1.78. The fraction of sp³-hybridized carbons (Fsp3) is 0.167. The molecule has 1 unspecified atom stereocenters. The zero-order valence-electron chi connectivity index (χ0n) is 21.9. The quantitative estimate of drug-likeness (QED) is 0.176. The lowest BCUT2D eigenvalue weighted by atomic mass is 9.84. The summed E-state index contributed by atoms with van der Waals surface area (Å²) in [5.41, 5.74) is 1.05. The summed E-state index contributed by atoms with van der Waals surface area (Å²) in [6.45, 7) is 4.08. The molecule has 1 atom stereocenters. The van der Waals surface area contributed by atoms with Crippen molar-refractivity contribution in [2.45, 2.75) is 29.5 Å². The van der Waals surface area contributed by atoms with Gasteiger partial charge >= 0.3 is 0 Å². The largest absolute Gasteiger partial charge is 0.450 e. The minimum Gasteiger partial charge on any atom is -0.450 e. The van der Waals surface area contributed by atoms with Crippen molar-refractivity contribution in [3.63, 3.8) is 0 Å². The number of likely N-dealkylation sites (N-methyl/N-ethyl adjacent to an activating group) is 1. The Bertz CT molecular complexity index is 1970. The SMILES string of the molecule is CCN1C(=O)C2(c3ccccc31)c1c(oc3ccc(C)cc3c1=O)C(=O)N2c1nnc(SCc2ccccc2Cl)s1. The predicted molar refractivity (Wildman–Crippen MR) is 160 cm³/mol. The van der Waals surface area contributed by atoms with Crippen molar-refractivity contribution in [3.8, 4) is 0 Å². The van der Waals surface area contributed by atoms with E-state index in [9.17, 15) is 14.4 Å². The Morgan fingerprint density at radius 1 is 1.02 bits per heavy atom. The number of hydrogen-bond donors (Lipinski definition) is 0. The number of nitrogens with zero attached hydrogens (tertiary/aromatic N) is 4.